The van der Waals surface area contributed by atoms with Gasteiger partial charge in [-0.1, -0.05) is 0 Å². The molecule has 0 atom stereocenters. The van der Waals surface area contributed by atoms with Crippen LogP contribution in [0.15, 0.2) is 42.9 Å². The summed E-state index contributed by atoms with van der Waals surface area (Å²) in [6.07, 6.45) is 7.19. The Hall–Kier alpha value is -3.45. The first-order valence-corrected chi connectivity index (χ1v) is 9.40. The SMILES string of the molecule is COc1cc2ncc3c(N)nc(-c4cncc(CCCN)c4)cc3c2cc1OC. The van der Waals surface area contributed by atoms with Crippen molar-refractivity contribution in [3.63, 3.8) is 0 Å². The van der Waals surface area contributed by atoms with Gasteiger partial charge in [0.15, 0.2) is 11.5 Å². The van der Waals surface area contributed by atoms with Gasteiger partial charge in [0.05, 0.1) is 25.4 Å². The number of hydrogen-bond donors (Lipinski definition) is 2. The van der Waals surface area contributed by atoms with Crippen molar-refractivity contribution in [1.29, 1.82) is 0 Å². The van der Waals surface area contributed by atoms with E-state index in [1.54, 1.807) is 26.6 Å². The number of aromatic nitrogens is 3. The van der Waals surface area contributed by atoms with Gasteiger partial charge in [0.2, 0.25) is 0 Å². The number of fused-ring (bicyclic) bond motifs is 3. The molecule has 3 aromatic heterocycles. The van der Waals surface area contributed by atoms with Crippen molar-refractivity contribution in [1.82, 2.24) is 15.0 Å². The highest BCUT2D eigenvalue weighted by molar-refractivity contribution is 6.10. The van der Waals surface area contributed by atoms with Gasteiger partial charge in [0.1, 0.15) is 5.82 Å². The van der Waals surface area contributed by atoms with Crippen molar-refractivity contribution >= 4 is 27.5 Å². The quantitative estimate of drug-likeness (QED) is 0.487. The molecule has 3 heterocycles. The lowest BCUT2D eigenvalue weighted by molar-refractivity contribution is 0.356. The number of rotatable bonds is 6. The second kappa shape index (κ2) is 7.89. The lowest BCUT2D eigenvalue weighted by Gasteiger charge is -2.12. The molecule has 4 rings (SSSR count). The number of nitrogens with zero attached hydrogens (tertiary/aromatic N) is 3. The number of hydrogen-bond acceptors (Lipinski definition) is 7. The second-order valence-electron chi connectivity index (χ2n) is 6.81. The molecule has 0 bridgehead atoms. The molecular weight excluding hydrogens is 366 g/mol. The monoisotopic (exact) mass is 389 g/mol. The number of anilines is 1. The summed E-state index contributed by atoms with van der Waals surface area (Å²) in [5.41, 5.74) is 15.5. The van der Waals surface area contributed by atoms with Crippen LogP contribution in [0.4, 0.5) is 5.82 Å². The van der Waals surface area contributed by atoms with E-state index in [1.807, 2.05) is 24.4 Å². The highest BCUT2D eigenvalue weighted by Crippen LogP contribution is 2.36. The van der Waals surface area contributed by atoms with Crippen LogP contribution in [0.3, 0.4) is 0 Å². The molecule has 0 aliphatic heterocycles. The summed E-state index contributed by atoms with van der Waals surface area (Å²) in [4.78, 5) is 13.5. The molecule has 148 valence electrons. The Bertz CT molecular complexity index is 1190. The molecule has 0 spiro atoms. The number of nitrogens with two attached hydrogens (primary N) is 2. The van der Waals surface area contributed by atoms with E-state index in [1.165, 1.54) is 0 Å². The molecular formula is C22H23N5O2. The highest BCUT2D eigenvalue weighted by Gasteiger charge is 2.13. The van der Waals surface area contributed by atoms with E-state index >= 15 is 0 Å². The van der Waals surface area contributed by atoms with Gasteiger partial charge < -0.3 is 20.9 Å². The third-order valence-electron chi connectivity index (χ3n) is 4.97. The van der Waals surface area contributed by atoms with E-state index in [4.69, 9.17) is 20.9 Å². The lowest BCUT2D eigenvalue weighted by Crippen LogP contribution is -2.01. The number of benzene rings is 1. The van der Waals surface area contributed by atoms with Crippen molar-refractivity contribution < 1.29 is 9.47 Å². The van der Waals surface area contributed by atoms with Crippen LogP contribution in [0.1, 0.15) is 12.0 Å². The number of methoxy groups -OCH3 is 2. The fraction of sp³-hybridized carbons (Fsp3) is 0.227. The Morgan fingerprint density at radius 1 is 0.897 bits per heavy atom. The lowest BCUT2D eigenvalue weighted by atomic mass is 10.0. The number of pyridine rings is 3. The smallest absolute Gasteiger partial charge is 0.162 e. The van der Waals surface area contributed by atoms with Crippen LogP contribution >= 0.6 is 0 Å². The van der Waals surface area contributed by atoms with E-state index in [-0.39, 0.29) is 0 Å². The predicted octanol–water partition coefficient (Wildman–Crippen LogP) is 3.34. The summed E-state index contributed by atoms with van der Waals surface area (Å²) in [5, 5.41) is 2.66. The molecule has 0 amide bonds. The van der Waals surface area contributed by atoms with Crippen molar-refractivity contribution in [2.24, 2.45) is 5.73 Å². The van der Waals surface area contributed by atoms with Crippen molar-refractivity contribution in [3.8, 4) is 22.8 Å². The summed E-state index contributed by atoms with van der Waals surface area (Å²) in [6.45, 7) is 0.648. The maximum Gasteiger partial charge on any atom is 0.162 e. The average Bonchev–Trinajstić information content (AvgIpc) is 2.76. The van der Waals surface area contributed by atoms with Gasteiger partial charge in [0, 0.05) is 41.0 Å². The first-order valence-electron chi connectivity index (χ1n) is 9.40. The van der Waals surface area contributed by atoms with Gasteiger partial charge in [-0.05, 0) is 48.5 Å². The maximum absolute atomic E-state index is 6.29. The molecule has 7 nitrogen and oxygen atoms in total. The summed E-state index contributed by atoms with van der Waals surface area (Å²) in [7, 11) is 3.22. The zero-order chi connectivity index (χ0) is 20.4. The predicted molar refractivity (Wildman–Crippen MR) is 115 cm³/mol. The largest absolute Gasteiger partial charge is 0.493 e. The first-order chi connectivity index (χ1) is 14.1. The van der Waals surface area contributed by atoms with Crippen LogP contribution in [0, 0.1) is 0 Å². The van der Waals surface area contributed by atoms with Gasteiger partial charge in [-0.15, -0.1) is 0 Å². The van der Waals surface area contributed by atoms with Crippen molar-refractivity contribution in [2.75, 3.05) is 26.5 Å². The molecule has 4 aromatic rings. The molecule has 0 aliphatic carbocycles. The fourth-order valence-corrected chi connectivity index (χ4v) is 3.48. The molecule has 0 unspecified atom stereocenters. The molecule has 0 fully saturated rings. The minimum Gasteiger partial charge on any atom is -0.493 e. The van der Waals surface area contributed by atoms with Gasteiger partial charge in [-0.25, -0.2) is 4.98 Å². The number of nitrogen functional groups attached to an aromatic ring is 1. The van der Waals surface area contributed by atoms with Crippen LogP contribution in [-0.4, -0.2) is 35.7 Å². The molecule has 29 heavy (non-hydrogen) atoms. The van der Waals surface area contributed by atoms with Crippen LogP contribution < -0.4 is 20.9 Å². The Kier molecular flexibility index (Phi) is 5.14. The van der Waals surface area contributed by atoms with E-state index < -0.39 is 0 Å². The zero-order valence-corrected chi connectivity index (χ0v) is 16.5. The molecule has 0 aliphatic rings. The first kappa shape index (κ1) is 18.9. The van der Waals surface area contributed by atoms with E-state index in [0.29, 0.717) is 23.9 Å². The van der Waals surface area contributed by atoms with Gasteiger partial charge >= 0.3 is 0 Å². The summed E-state index contributed by atoms with van der Waals surface area (Å²) in [6, 6.07) is 7.89. The standard InChI is InChI=1S/C22H23N5O2/c1-28-20-8-16-15-7-18(14-6-13(4-3-5-23)10-25-11-14)27-22(24)17(15)12-26-19(16)9-21(20)29-2/h6-12H,3-5,23H2,1-2H3,(H2,24,27). The topological polar surface area (TPSA) is 109 Å². The summed E-state index contributed by atoms with van der Waals surface area (Å²) < 4.78 is 10.9. The molecule has 7 heteroatoms. The third-order valence-corrected chi connectivity index (χ3v) is 4.97. The Morgan fingerprint density at radius 2 is 1.69 bits per heavy atom. The highest BCUT2D eigenvalue weighted by atomic mass is 16.5. The Balaban J connectivity index is 1.92. The third kappa shape index (κ3) is 3.52. The maximum atomic E-state index is 6.29. The molecule has 0 saturated heterocycles. The van der Waals surface area contributed by atoms with Crippen LogP contribution in [0.5, 0.6) is 11.5 Å². The minimum atomic E-state index is 0.425. The summed E-state index contributed by atoms with van der Waals surface area (Å²) >= 11 is 0. The van der Waals surface area contributed by atoms with Crippen LogP contribution in [0.25, 0.3) is 32.9 Å². The van der Waals surface area contributed by atoms with Gasteiger partial charge in [-0.3, -0.25) is 9.97 Å². The number of ether oxygens (including phenoxy) is 2. The Morgan fingerprint density at radius 3 is 2.45 bits per heavy atom. The normalized spacial score (nSPS) is 11.1. The average molecular weight is 389 g/mol. The molecule has 0 saturated carbocycles. The van der Waals surface area contributed by atoms with E-state index in [0.717, 1.165) is 51.3 Å². The van der Waals surface area contributed by atoms with Crippen molar-refractivity contribution in [3.05, 3.63) is 48.4 Å². The zero-order valence-electron chi connectivity index (χ0n) is 16.5. The minimum absolute atomic E-state index is 0.425. The van der Waals surface area contributed by atoms with Gasteiger partial charge in [-0.2, -0.15) is 0 Å². The Labute approximate surface area is 168 Å². The van der Waals surface area contributed by atoms with Crippen LogP contribution in [0.2, 0.25) is 0 Å². The van der Waals surface area contributed by atoms with Crippen LogP contribution in [-0.2, 0) is 6.42 Å². The summed E-state index contributed by atoms with van der Waals surface area (Å²) in [5.74, 6) is 1.69. The second-order valence-corrected chi connectivity index (χ2v) is 6.81. The van der Waals surface area contributed by atoms with Gasteiger partial charge in [0.25, 0.3) is 0 Å². The van der Waals surface area contributed by atoms with Crippen molar-refractivity contribution in [2.45, 2.75) is 12.8 Å². The van der Waals surface area contributed by atoms with E-state index in [2.05, 4.69) is 21.0 Å². The molecule has 0 radical (unpaired) electrons. The molecule has 1 aromatic carbocycles. The van der Waals surface area contributed by atoms with E-state index in [9.17, 15) is 0 Å². The molecule has 4 N–H and O–H groups in total. The fourth-order valence-electron chi connectivity index (χ4n) is 3.48. The number of aryl methyl sites for hydroxylation is 1.